The van der Waals surface area contributed by atoms with E-state index in [0.29, 0.717) is 38.3 Å². The summed E-state index contributed by atoms with van der Waals surface area (Å²) in [6.45, 7) is 2.12. The highest BCUT2D eigenvalue weighted by molar-refractivity contribution is 5.94. The molecule has 0 unspecified atom stereocenters. The Morgan fingerprint density at radius 3 is 2.55 bits per heavy atom. The molecule has 0 spiro atoms. The van der Waals surface area contributed by atoms with Crippen LogP contribution in [0.1, 0.15) is 16.8 Å². The average Bonchev–Trinajstić information content (AvgIpc) is 2.46. The molecule has 0 saturated heterocycles. The van der Waals surface area contributed by atoms with Crippen molar-refractivity contribution in [3.05, 3.63) is 39.9 Å². The first-order valence-corrected chi connectivity index (χ1v) is 6.24. The number of nitrogens with one attached hydrogen (secondary N) is 1. The van der Waals surface area contributed by atoms with Crippen molar-refractivity contribution >= 4 is 11.6 Å². The third kappa shape index (κ3) is 5.77. The first-order valence-electron chi connectivity index (χ1n) is 6.24. The zero-order chi connectivity index (χ0) is 14.8. The van der Waals surface area contributed by atoms with Gasteiger partial charge in [-0.3, -0.25) is 14.9 Å². The fraction of sp³-hybridized carbons (Fsp3) is 0.462. The number of ether oxygens (including phenoxy) is 2. The molecule has 7 nitrogen and oxygen atoms in total. The molecule has 0 saturated carbocycles. The molecule has 110 valence electrons. The summed E-state index contributed by atoms with van der Waals surface area (Å²) in [6, 6.07) is 5.48. The normalized spacial score (nSPS) is 10.2. The molecule has 7 heteroatoms. The van der Waals surface area contributed by atoms with Gasteiger partial charge in [0.15, 0.2) is 0 Å². The van der Waals surface area contributed by atoms with Crippen LogP contribution >= 0.6 is 0 Å². The Kier molecular flexibility index (Phi) is 7.23. The van der Waals surface area contributed by atoms with Crippen LogP contribution in [-0.2, 0) is 9.47 Å². The van der Waals surface area contributed by atoms with Gasteiger partial charge >= 0.3 is 0 Å². The molecule has 0 aromatic heterocycles. The largest absolute Gasteiger partial charge is 0.382 e. The Bertz CT molecular complexity index is 433. The van der Waals surface area contributed by atoms with Gasteiger partial charge in [-0.15, -0.1) is 0 Å². The van der Waals surface area contributed by atoms with Gasteiger partial charge in [-0.25, -0.2) is 0 Å². The van der Waals surface area contributed by atoms with E-state index >= 15 is 0 Å². The van der Waals surface area contributed by atoms with E-state index in [4.69, 9.17) is 9.47 Å². The highest BCUT2D eigenvalue weighted by Crippen LogP contribution is 2.11. The predicted molar refractivity (Wildman–Crippen MR) is 72.7 cm³/mol. The second-order valence-electron chi connectivity index (χ2n) is 4.02. The van der Waals surface area contributed by atoms with Crippen molar-refractivity contribution in [1.29, 1.82) is 0 Å². The number of hydrogen-bond acceptors (Lipinski definition) is 5. The lowest BCUT2D eigenvalue weighted by Crippen LogP contribution is -2.25. The fourth-order valence-corrected chi connectivity index (χ4v) is 1.46. The number of carbonyl (C=O) groups excluding carboxylic acids is 1. The van der Waals surface area contributed by atoms with Gasteiger partial charge in [0.25, 0.3) is 11.6 Å². The maximum atomic E-state index is 11.7. The summed E-state index contributed by atoms with van der Waals surface area (Å²) in [5.41, 5.74) is 0.365. The van der Waals surface area contributed by atoms with Crippen LogP contribution < -0.4 is 5.32 Å². The molecule has 1 amide bonds. The van der Waals surface area contributed by atoms with E-state index in [2.05, 4.69) is 5.32 Å². The zero-order valence-electron chi connectivity index (χ0n) is 11.3. The minimum atomic E-state index is -0.501. The molecule has 1 rings (SSSR count). The molecule has 1 aromatic carbocycles. The van der Waals surface area contributed by atoms with Crippen LogP contribution in [0, 0.1) is 10.1 Å². The van der Waals surface area contributed by atoms with Crippen LogP contribution in [0.3, 0.4) is 0 Å². The minimum absolute atomic E-state index is 0.0342. The van der Waals surface area contributed by atoms with E-state index in [1.807, 2.05) is 0 Å². The number of nitrogens with zero attached hydrogens (tertiary/aromatic N) is 1. The molecule has 0 aliphatic carbocycles. The fourth-order valence-electron chi connectivity index (χ4n) is 1.46. The predicted octanol–water partition coefficient (Wildman–Crippen LogP) is 1.38. The number of hydrogen-bond donors (Lipinski definition) is 1. The number of methoxy groups -OCH3 is 1. The molecule has 0 aliphatic heterocycles. The van der Waals surface area contributed by atoms with E-state index in [1.54, 1.807) is 7.11 Å². The standard InChI is InChI=1S/C13H18N2O5/c1-19-9-10-20-8-2-7-14-13(16)11-3-5-12(6-4-11)15(17)18/h3-6H,2,7-10H2,1H3,(H,14,16). The summed E-state index contributed by atoms with van der Waals surface area (Å²) in [6.07, 6.45) is 0.697. The highest BCUT2D eigenvalue weighted by atomic mass is 16.6. The minimum Gasteiger partial charge on any atom is -0.382 e. The summed E-state index contributed by atoms with van der Waals surface area (Å²) < 4.78 is 10.1. The number of non-ortho nitro benzene ring substituents is 1. The van der Waals surface area contributed by atoms with Gasteiger partial charge in [0, 0.05) is 38.0 Å². The van der Waals surface area contributed by atoms with Gasteiger partial charge in [-0.1, -0.05) is 0 Å². The third-order valence-corrected chi connectivity index (χ3v) is 2.52. The molecule has 1 N–H and O–H groups in total. The molecular formula is C13H18N2O5. The van der Waals surface area contributed by atoms with Gasteiger partial charge in [0.05, 0.1) is 18.1 Å². The molecule has 1 aromatic rings. The van der Waals surface area contributed by atoms with E-state index in [0.717, 1.165) is 0 Å². The van der Waals surface area contributed by atoms with Gasteiger partial charge in [0.1, 0.15) is 0 Å². The zero-order valence-corrected chi connectivity index (χ0v) is 11.3. The van der Waals surface area contributed by atoms with Crippen LogP contribution in [-0.4, -0.2) is 44.3 Å². The average molecular weight is 282 g/mol. The topological polar surface area (TPSA) is 90.7 Å². The van der Waals surface area contributed by atoms with Crippen molar-refractivity contribution < 1.29 is 19.2 Å². The number of nitro benzene ring substituents is 1. The van der Waals surface area contributed by atoms with Crippen LogP contribution in [0.2, 0.25) is 0 Å². The summed E-state index contributed by atoms with van der Waals surface area (Å²) >= 11 is 0. The molecule has 0 fully saturated rings. The lowest BCUT2D eigenvalue weighted by atomic mass is 10.2. The maximum Gasteiger partial charge on any atom is 0.269 e. The Balaban J connectivity index is 2.24. The quantitative estimate of drug-likeness (QED) is 0.420. The van der Waals surface area contributed by atoms with Crippen LogP contribution in [0.5, 0.6) is 0 Å². The summed E-state index contributed by atoms with van der Waals surface area (Å²) in [7, 11) is 1.60. The second-order valence-corrected chi connectivity index (χ2v) is 4.02. The van der Waals surface area contributed by atoms with E-state index in [-0.39, 0.29) is 11.6 Å². The SMILES string of the molecule is COCCOCCCNC(=O)c1ccc([N+](=O)[O-])cc1. The monoisotopic (exact) mass is 282 g/mol. The van der Waals surface area contributed by atoms with Crippen molar-refractivity contribution in [2.24, 2.45) is 0 Å². The van der Waals surface area contributed by atoms with E-state index in [9.17, 15) is 14.9 Å². The van der Waals surface area contributed by atoms with Gasteiger partial charge in [-0.05, 0) is 18.6 Å². The van der Waals surface area contributed by atoms with Crippen molar-refractivity contribution in [1.82, 2.24) is 5.32 Å². The number of amides is 1. The number of nitro groups is 1. The molecule has 0 bridgehead atoms. The van der Waals surface area contributed by atoms with E-state index in [1.165, 1.54) is 24.3 Å². The lowest BCUT2D eigenvalue weighted by molar-refractivity contribution is -0.384. The number of carbonyl (C=O) groups is 1. The summed E-state index contributed by atoms with van der Waals surface area (Å²) in [4.78, 5) is 21.7. The van der Waals surface area contributed by atoms with Crippen LogP contribution in [0.15, 0.2) is 24.3 Å². The van der Waals surface area contributed by atoms with Crippen molar-refractivity contribution in [2.75, 3.05) is 33.5 Å². The Labute approximate surface area is 117 Å². The van der Waals surface area contributed by atoms with Crippen LogP contribution in [0.4, 0.5) is 5.69 Å². The Hall–Kier alpha value is -1.99. The molecule has 0 heterocycles. The molecule has 0 radical (unpaired) electrons. The van der Waals surface area contributed by atoms with Crippen molar-refractivity contribution in [3.8, 4) is 0 Å². The summed E-state index contributed by atoms with van der Waals surface area (Å²) in [5.74, 6) is -0.253. The van der Waals surface area contributed by atoms with Gasteiger partial charge < -0.3 is 14.8 Å². The number of benzene rings is 1. The molecule has 20 heavy (non-hydrogen) atoms. The highest BCUT2D eigenvalue weighted by Gasteiger charge is 2.08. The van der Waals surface area contributed by atoms with E-state index < -0.39 is 4.92 Å². The molecular weight excluding hydrogens is 264 g/mol. The van der Waals surface area contributed by atoms with Crippen LogP contribution in [0.25, 0.3) is 0 Å². The van der Waals surface area contributed by atoms with Crippen molar-refractivity contribution in [2.45, 2.75) is 6.42 Å². The third-order valence-electron chi connectivity index (χ3n) is 2.52. The van der Waals surface area contributed by atoms with Gasteiger partial charge in [0.2, 0.25) is 0 Å². The van der Waals surface area contributed by atoms with Crippen molar-refractivity contribution in [3.63, 3.8) is 0 Å². The van der Waals surface area contributed by atoms with Gasteiger partial charge in [-0.2, -0.15) is 0 Å². The first kappa shape index (κ1) is 16.1. The second kappa shape index (κ2) is 9.00. The Morgan fingerprint density at radius 2 is 1.95 bits per heavy atom. The smallest absolute Gasteiger partial charge is 0.269 e. The molecule has 0 aliphatic rings. The number of rotatable bonds is 9. The lowest BCUT2D eigenvalue weighted by Gasteiger charge is -2.06. The molecule has 0 atom stereocenters. The maximum absolute atomic E-state index is 11.7. The Morgan fingerprint density at radius 1 is 1.25 bits per heavy atom. The summed E-state index contributed by atoms with van der Waals surface area (Å²) in [5, 5.41) is 13.2. The first-order chi connectivity index (χ1) is 9.65.